The molecule has 0 amide bonds. The lowest BCUT2D eigenvalue weighted by Gasteiger charge is -2.41. The zero-order valence-corrected chi connectivity index (χ0v) is 17.4. The standard InChI is InChI=1S/C24H31N3S/c1-15(25)21-19-11-12-20-24(22(19)28-23(21)26)14-17(24)13-18(27-20)10-6-5-9-16-7-3-2-4-8-16/h2-4,7-8,17-18,20,27H,1,5-6,9-14,25-26H2. The number of piperidine rings is 1. The van der Waals surface area contributed by atoms with E-state index in [0.29, 0.717) is 23.2 Å². The largest absolute Gasteiger partial charge is 0.399 e. The molecule has 1 aromatic carbocycles. The third-order valence-electron chi connectivity index (χ3n) is 7.35. The molecule has 3 nitrogen and oxygen atoms in total. The van der Waals surface area contributed by atoms with Crippen molar-refractivity contribution in [1.29, 1.82) is 0 Å². The van der Waals surface area contributed by atoms with Gasteiger partial charge in [-0.3, -0.25) is 0 Å². The Hall–Kier alpha value is -1.78. The van der Waals surface area contributed by atoms with E-state index >= 15 is 0 Å². The van der Waals surface area contributed by atoms with E-state index in [0.717, 1.165) is 22.9 Å². The van der Waals surface area contributed by atoms with E-state index in [-0.39, 0.29) is 0 Å². The molecule has 28 heavy (non-hydrogen) atoms. The molecule has 148 valence electrons. The van der Waals surface area contributed by atoms with Crippen LogP contribution in [0.5, 0.6) is 0 Å². The summed E-state index contributed by atoms with van der Waals surface area (Å²) in [6.45, 7) is 3.97. The second kappa shape index (κ2) is 6.93. The number of hydrogen-bond donors (Lipinski definition) is 3. The fourth-order valence-corrected chi connectivity index (χ4v) is 7.48. The minimum Gasteiger partial charge on any atom is -0.399 e. The van der Waals surface area contributed by atoms with Gasteiger partial charge in [-0.25, -0.2) is 0 Å². The van der Waals surface area contributed by atoms with E-state index in [1.165, 1.54) is 60.9 Å². The van der Waals surface area contributed by atoms with Gasteiger partial charge in [-0.1, -0.05) is 43.3 Å². The van der Waals surface area contributed by atoms with Crippen LogP contribution < -0.4 is 16.8 Å². The fourth-order valence-electron chi connectivity index (χ4n) is 6.00. The summed E-state index contributed by atoms with van der Waals surface area (Å²) >= 11 is 1.79. The molecular weight excluding hydrogens is 362 g/mol. The number of aryl methyl sites for hydroxylation is 1. The summed E-state index contributed by atoms with van der Waals surface area (Å²) in [5.41, 5.74) is 17.3. The first-order chi connectivity index (χ1) is 13.6. The van der Waals surface area contributed by atoms with E-state index in [2.05, 4.69) is 42.2 Å². The molecule has 2 heterocycles. The molecule has 4 heteroatoms. The highest BCUT2D eigenvalue weighted by Gasteiger charge is 2.65. The van der Waals surface area contributed by atoms with Crippen molar-refractivity contribution in [2.24, 2.45) is 11.7 Å². The van der Waals surface area contributed by atoms with Gasteiger partial charge >= 0.3 is 0 Å². The Morgan fingerprint density at radius 2 is 2.07 bits per heavy atom. The molecule has 0 bridgehead atoms. The van der Waals surface area contributed by atoms with Crippen LogP contribution >= 0.6 is 11.3 Å². The monoisotopic (exact) mass is 393 g/mol. The number of nitrogens with two attached hydrogens (primary N) is 2. The maximum absolute atomic E-state index is 6.33. The molecular formula is C24H31N3S. The smallest absolute Gasteiger partial charge is 0.0956 e. The molecule has 1 aliphatic heterocycles. The van der Waals surface area contributed by atoms with Crippen molar-refractivity contribution in [3.05, 3.63) is 58.5 Å². The van der Waals surface area contributed by atoms with Crippen molar-refractivity contribution < 1.29 is 0 Å². The van der Waals surface area contributed by atoms with Crippen molar-refractivity contribution in [2.75, 3.05) is 5.73 Å². The van der Waals surface area contributed by atoms with Gasteiger partial charge in [-0.15, -0.1) is 11.3 Å². The number of fused-ring (bicyclic) bond motifs is 1. The van der Waals surface area contributed by atoms with Crippen LogP contribution in [0, 0.1) is 5.92 Å². The van der Waals surface area contributed by atoms with Crippen LogP contribution in [0.25, 0.3) is 5.70 Å². The lowest BCUT2D eigenvalue weighted by molar-refractivity contribution is 0.243. The highest BCUT2D eigenvalue weighted by Crippen LogP contribution is 2.66. The molecule has 4 atom stereocenters. The van der Waals surface area contributed by atoms with Crippen molar-refractivity contribution in [3.63, 3.8) is 0 Å². The zero-order valence-electron chi connectivity index (χ0n) is 16.5. The summed E-state index contributed by atoms with van der Waals surface area (Å²) in [6.07, 6.45) is 10.0. The third-order valence-corrected chi connectivity index (χ3v) is 8.61. The van der Waals surface area contributed by atoms with E-state index < -0.39 is 0 Å². The topological polar surface area (TPSA) is 64.1 Å². The summed E-state index contributed by atoms with van der Waals surface area (Å²) in [5.74, 6) is 0.828. The van der Waals surface area contributed by atoms with E-state index in [4.69, 9.17) is 11.5 Å². The molecule has 3 aliphatic rings. The molecule has 0 radical (unpaired) electrons. The predicted molar refractivity (Wildman–Crippen MR) is 119 cm³/mol. The number of benzene rings is 1. The normalized spacial score (nSPS) is 30.2. The summed E-state index contributed by atoms with van der Waals surface area (Å²) in [5, 5.41) is 4.92. The van der Waals surface area contributed by atoms with Crippen LogP contribution in [0.2, 0.25) is 0 Å². The Kier molecular flexibility index (Phi) is 4.52. The Morgan fingerprint density at radius 3 is 2.86 bits per heavy atom. The molecule has 2 fully saturated rings. The molecule has 1 aromatic heterocycles. The average Bonchev–Trinajstić information content (AvgIpc) is 3.30. The molecule has 1 saturated carbocycles. The van der Waals surface area contributed by atoms with Crippen LogP contribution in [-0.4, -0.2) is 12.1 Å². The first kappa shape index (κ1) is 18.3. The number of anilines is 1. The number of nitrogen functional groups attached to an aromatic ring is 1. The lowest BCUT2D eigenvalue weighted by Crippen LogP contribution is -2.52. The fraction of sp³-hybridized carbons (Fsp3) is 0.500. The van der Waals surface area contributed by atoms with Gasteiger partial charge in [0.25, 0.3) is 0 Å². The first-order valence-electron chi connectivity index (χ1n) is 10.8. The van der Waals surface area contributed by atoms with Gasteiger partial charge in [-0.2, -0.15) is 0 Å². The number of thiophene rings is 1. The Morgan fingerprint density at radius 1 is 1.25 bits per heavy atom. The minimum absolute atomic E-state index is 0.348. The zero-order chi connectivity index (χ0) is 19.3. The van der Waals surface area contributed by atoms with Gasteiger partial charge in [0.05, 0.1) is 5.00 Å². The van der Waals surface area contributed by atoms with Crippen molar-refractivity contribution in [3.8, 4) is 0 Å². The van der Waals surface area contributed by atoms with Gasteiger partial charge in [-0.05, 0) is 62.0 Å². The van der Waals surface area contributed by atoms with Crippen LogP contribution in [0.4, 0.5) is 5.00 Å². The highest BCUT2D eigenvalue weighted by molar-refractivity contribution is 7.16. The second-order valence-electron chi connectivity index (χ2n) is 9.04. The highest BCUT2D eigenvalue weighted by atomic mass is 32.1. The predicted octanol–water partition coefficient (Wildman–Crippen LogP) is 4.61. The van der Waals surface area contributed by atoms with Crippen LogP contribution in [0.15, 0.2) is 36.9 Å². The van der Waals surface area contributed by atoms with E-state index in [1.807, 2.05) is 0 Å². The lowest BCUT2D eigenvalue weighted by atomic mass is 9.75. The van der Waals surface area contributed by atoms with Crippen molar-refractivity contribution >= 4 is 22.0 Å². The molecule has 2 aromatic rings. The van der Waals surface area contributed by atoms with Crippen molar-refractivity contribution in [2.45, 2.75) is 68.9 Å². The summed E-state index contributed by atoms with van der Waals surface area (Å²) in [6, 6.07) is 12.2. The summed E-state index contributed by atoms with van der Waals surface area (Å²) < 4.78 is 0. The second-order valence-corrected chi connectivity index (χ2v) is 10.1. The molecule has 5 rings (SSSR count). The van der Waals surface area contributed by atoms with Gasteiger partial charge in [0.2, 0.25) is 0 Å². The van der Waals surface area contributed by atoms with Gasteiger partial charge < -0.3 is 16.8 Å². The van der Waals surface area contributed by atoms with Crippen LogP contribution in [0.1, 0.15) is 60.1 Å². The molecule has 1 spiro atoms. The maximum Gasteiger partial charge on any atom is 0.0956 e. The number of nitrogens with one attached hydrogen (secondary N) is 1. The van der Waals surface area contributed by atoms with Crippen LogP contribution in [0.3, 0.4) is 0 Å². The maximum atomic E-state index is 6.33. The number of unbranched alkanes of at least 4 members (excludes halogenated alkanes) is 1. The quantitative estimate of drug-likeness (QED) is 0.628. The Labute approximate surface area is 172 Å². The summed E-state index contributed by atoms with van der Waals surface area (Å²) in [7, 11) is 0. The van der Waals surface area contributed by atoms with Gasteiger partial charge in [0, 0.05) is 33.6 Å². The molecule has 5 N–H and O–H groups in total. The minimum atomic E-state index is 0.348. The SMILES string of the molecule is C=C(N)c1c(N)sc2c1CCC1NC(CCCCc3ccccc3)CC3CC231. The summed E-state index contributed by atoms with van der Waals surface area (Å²) in [4.78, 5) is 1.53. The van der Waals surface area contributed by atoms with E-state index in [1.54, 1.807) is 11.3 Å². The first-order valence-corrected chi connectivity index (χ1v) is 11.6. The molecule has 1 saturated heterocycles. The van der Waals surface area contributed by atoms with E-state index in [9.17, 15) is 0 Å². The number of hydrogen-bond acceptors (Lipinski definition) is 4. The van der Waals surface area contributed by atoms with Gasteiger partial charge in [0.15, 0.2) is 0 Å². The third kappa shape index (κ3) is 2.89. The average molecular weight is 394 g/mol. The van der Waals surface area contributed by atoms with Crippen LogP contribution in [-0.2, 0) is 18.3 Å². The number of rotatable bonds is 6. The Balaban J connectivity index is 1.22. The van der Waals surface area contributed by atoms with Gasteiger partial charge in [0.1, 0.15) is 0 Å². The Bertz CT molecular complexity index is 887. The van der Waals surface area contributed by atoms with Crippen molar-refractivity contribution in [1.82, 2.24) is 5.32 Å². The molecule has 2 aliphatic carbocycles. The molecule has 4 unspecified atom stereocenters.